The fourth-order valence-corrected chi connectivity index (χ4v) is 0.704. The Hall–Kier alpha value is -0.970. The van der Waals surface area contributed by atoms with E-state index >= 15 is 0 Å². The zero-order valence-corrected chi connectivity index (χ0v) is 5.93. The van der Waals surface area contributed by atoms with Crippen LogP contribution in [0.3, 0.4) is 0 Å². The fraction of sp³-hybridized carbons (Fsp3) is 0.200. The molecular weight excluding hydrogens is 154 g/mol. The van der Waals surface area contributed by atoms with Crippen molar-refractivity contribution < 1.29 is 14.7 Å². The second-order valence-corrected chi connectivity index (χ2v) is 2.30. The lowest BCUT2D eigenvalue weighted by Gasteiger charge is -1.85. The van der Waals surface area contributed by atoms with Crippen LogP contribution in [0.1, 0.15) is 0 Å². The van der Waals surface area contributed by atoms with Crippen molar-refractivity contribution in [2.45, 2.75) is 0 Å². The summed E-state index contributed by atoms with van der Waals surface area (Å²) in [6, 6.07) is 0. The van der Waals surface area contributed by atoms with Gasteiger partial charge < -0.3 is 10.8 Å². The van der Waals surface area contributed by atoms with Crippen LogP contribution in [0, 0.1) is 0 Å². The van der Waals surface area contributed by atoms with E-state index in [2.05, 4.69) is 0 Å². The number of carboxylic acid groups (broad SMARTS) is 1. The van der Waals surface area contributed by atoms with Gasteiger partial charge in [-0.2, -0.15) is 0 Å². The second-order valence-electron chi connectivity index (χ2n) is 1.41. The van der Waals surface area contributed by atoms with Gasteiger partial charge in [-0.15, -0.1) is 11.8 Å². The number of primary amides is 1. The number of carbonyl (C=O) groups excluding carboxylic acids is 1. The van der Waals surface area contributed by atoms with Crippen LogP contribution < -0.4 is 5.73 Å². The summed E-state index contributed by atoms with van der Waals surface area (Å²) in [5.74, 6) is -1.54. The maximum atomic E-state index is 10.0. The summed E-state index contributed by atoms with van der Waals surface area (Å²) in [5.41, 5.74) is 4.72. The molecule has 0 aliphatic rings. The molecule has 0 unspecified atom stereocenters. The van der Waals surface area contributed by atoms with Crippen molar-refractivity contribution in [2.75, 3.05) is 5.75 Å². The molecule has 0 aliphatic carbocycles. The highest BCUT2D eigenvalue weighted by molar-refractivity contribution is 8.02. The number of thioether (sulfide) groups is 1. The van der Waals surface area contributed by atoms with E-state index in [0.29, 0.717) is 0 Å². The van der Waals surface area contributed by atoms with Crippen LogP contribution in [-0.2, 0) is 9.59 Å². The highest BCUT2D eigenvalue weighted by atomic mass is 32.2. The van der Waals surface area contributed by atoms with Crippen molar-refractivity contribution in [2.24, 2.45) is 5.73 Å². The van der Waals surface area contributed by atoms with Crippen molar-refractivity contribution in [3.8, 4) is 0 Å². The zero-order chi connectivity index (χ0) is 7.98. The fourth-order valence-electron chi connectivity index (χ4n) is 0.235. The number of amides is 1. The van der Waals surface area contributed by atoms with E-state index in [1.54, 1.807) is 0 Å². The van der Waals surface area contributed by atoms with E-state index in [1.165, 1.54) is 5.41 Å². The predicted molar refractivity (Wildman–Crippen MR) is 38.4 cm³/mol. The number of rotatable bonds is 4. The van der Waals surface area contributed by atoms with Crippen LogP contribution in [0.25, 0.3) is 0 Å². The van der Waals surface area contributed by atoms with Gasteiger partial charge >= 0.3 is 5.97 Å². The Labute approximate surface area is 62.1 Å². The molecule has 1 amide bonds. The molecule has 0 aromatic rings. The molecule has 0 bridgehead atoms. The SMILES string of the molecule is NC(=O)C=CSCC(=O)O. The summed E-state index contributed by atoms with van der Waals surface area (Å²) in [6.07, 6.45) is 1.12. The van der Waals surface area contributed by atoms with E-state index in [1.807, 2.05) is 0 Å². The number of aliphatic carboxylic acids is 1. The van der Waals surface area contributed by atoms with Crippen LogP contribution >= 0.6 is 11.8 Å². The van der Waals surface area contributed by atoms with Crippen LogP contribution in [0.4, 0.5) is 0 Å². The molecule has 0 spiro atoms. The van der Waals surface area contributed by atoms with Gasteiger partial charge in [0.25, 0.3) is 0 Å². The first-order valence-corrected chi connectivity index (χ1v) is 3.47. The summed E-state index contributed by atoms with van der Waals surface area (Å²) in [4.78, 5) is 19.9. The molecule has 0 rings (SSSR count). The monoisotopic (exact) mass is 161 g/mol. The Morgan fingerprint density at radius 1 is 1.60 bits per heavy atom. The Balaban J connectivity index is 3.36. The number of hydrogen-bond donors (Lipinski definition) is 2. The smallest absolute Gasteiger partial charge is 0.313 e. The first kappa shape index (κ1) is 9.03. The van der Waals surface area contributed by atoms with Crippen LogP contribution in [0.15, 0.2) is 11.5 Å². The minimum atomic E-state index is -0.917. The van der Waals surface area contributed by atoms with E-state index in [9.17, 15) is 9.59 Å². The second kappa shape index (κ2) is 4.87. The van der Waals surface area contributed by atoms with Gasteiger partial charge in [-0.25, -0.2) is 0 Å². The average Bonchev–Trinajstić information content (AvgIpc) is 1.79. The van der Waals surface area contributed by atoms with Crippen molar-refractivity contribution in [3.05, 3.63) is 11.5 Å². The summed E-state index contributed by atoms with van der Waals surface area (Å²) < 4.78 is 0. The Morgan fingerprint density at radius 2 is 2.20 bits per heavy atom. The van der Waals surface area contributed by atoms with Crippen LogP contribution in [0.2, 0.25) is 0 Å². The minimum Gasteiger partial charge on any atom is -0.481 e. The van der Waals surface area contributed by atoms with Gasteiger partial charge in [-0.1, -0.05) is 0 Å². The van der Waals surface area contributed by atoms with Crippen molar-refractivity contribution in [1.29, 1.82) is 0 Å². The summed E-state index contributed by atoms with van der Waals surface area (Å²) in [7, 11) is 0. The predicted octanol–water partition coefficient (Wildman–Crippen LogP) is -0.197. The summed E-state index contributed by atoms with van der Waals surface area (Å²) in [5, 5.41) is 9.47. The minimum absolute atomic E-state index is 0.0518. The summed E-state index contributed by atoms with van der Waals surface area (Å²) in [6.45, 7) is 0. The topological polar surface area (TPSA) is 80.4 Å². The number of carbonyl (C=O) groups is 2. The molecule has 56 valence electrons. The van der Waals surface area contributed by atoms with Gasteiger partial charge in [0.1, 0.15) is 0 Å². The van der Waals surface area contributed by atoms with Crippen LogP contribution in [-0.4, -0.2) is 22.7 Å². The normalized spacial score (nSPS) is 10.0. The first-order valence-electron chi connectivity index (χ1n) is 2.42. The molecule has 0 saturated heterocycles. The number of hydrogen-bond acceptors (Lipinski definition) is 3. The van der Waals surface area contributed by atoms with Gasteiger partial charge in [0.05, 0.1) is 5.75 Å². The number of nitrogens with two attached hydrogens (primary N) is 1. The van der Waals surface area contributed by atoms with Crippen LogP contribution in [0.5, 0.6) is 0 Å². The third kappa shape index (κ3) is 7.03. The molecule has 0 aromatic heterocycles. The molecule has 0 heterocycles. The van der Waals surface area contributed by atoms with Crippen molar-refractivity contribution >= 4 is 23.6 Å². The Bertz CT molecular complexity index is 166. The van der Waals surface area contributed by atoms with Gasteiger partial charge in [0.2, 0.25) is 5.91 Å². The van der Waals surface area contributed by atoms with E-state index in [4.69, 9.17) is 10.8 Å². The molecule has 3 N–H and O–H groups in total. The third-order valence-corrected chi connectivity index (χ3v) is 1.28. The van der Waals surface area contributed by atoms with Gasteiger partial charge in [0, 0.05) is 6.08 Å². The maximum absolute atomic E-state index is 10.0. The van der Waals surface area contributed by atoms with Crippen molar-refractivity contribution in [3.63, 3.8) is 0 Å². The Kier molecular flexibility index (Phi) is 4.39. The highest BCUT2D eigenvalue weighted by Crippen LogP contribution is 1.99. The quantitative estimate of drug-likeness (QED) is 0.560. The molecular formula is C5H7NO3S. The molecule has 0 aromatic carbocycles. The van der Waals surface area contributed by atoms with Crippen molar-refractivity contribution in [1.82, 2.24) is 0 Å². The maximum Gasteiger partial charge on any atom is 0.313 e. The molecule has 0 radical (unpaired) electrons. The lowest BCUT2D eigenvalue weighted by molar-refractivity contribution is -0.133. The van der Waals surface area contributed by atoms with Gasteiger partial charge in [-0.05, 0) is 5.41 Å². The third-order valence-electron chi connectivity index (χ3n) is 0.535. The lowest BCUT2D eigenvalue weighted by atomic mass is 10.6. The summed E-state index contributed by atoms with van der Waals surface area (Å²) >= 11 is 1.01. The standard InChI is InChI=1S/C5H7NO3S/c6-4(7)1-2-10-3-5(8)9/h1-2H,3H2,(H2,6,7)(H,8,9). The molecule has 0 atom stereocenters. The van der Waals surface area contributed by atoms with Gasteiger partial charge in [-0.3, -0.25) is 9.59 Å². The average molecular weight is 161 g/mol. The zero-order valence-electron chi connectivity index (χ0n) is 5.11. The highest BCUT2D eigenvalue weighted by Gasteiger charge is 1.92. The Morgan fingerprint density at radius 3 is 2.60 bits per heavy atom. The molecule has 0 saturated carbocycles. The molecule has 4 nitrogen and oxygen atoms in total. The van der Waals surface area contributed by atoms with E-state index in [0.717, 1.165) is 17.8 Å². The van der Waals surface area contributed by atoms with E-state index in [-0.39, 0.29) is 5.75 Å². The first-order chi connectivity index (χ1) is 4.63. The molecule has 10 heavy (non-hydrogen) atoms. The lowest BCUT2D eigenvalue weighted by Crippen LogP contribution is -2.05. The largest absolute Gasteiger partial charge is 0.481 e. The van der Waals surface area contributed by atoms with E-state index < -0.39 is 11.9 Å². The van der Waals surface area contributed by atoms with Gasteiger partial charge in [0.15, 0.2) is 0 Å². The molecule has 0 aliphatic heterocycles. The number of carboxylic acids is 1. The molecule has 5 heteroatoms. The molecule has 0 fully saturated rings.